The van der Waals surface area contributed by atoms with Crippen LogP contribution in [0.3, 0.4) is 0 Å². The number of carbonyl (C=O) groups is 1. The molecule has 1 aliphatic heterocycles. The fourth-order valence-corrected chi connectivity index (χ4v) is 1.44. The maximum Gasteiger partial charge on any atom is 0.223 e. The monoisotopic (exact) mass is 156 g/mol. The van der Waals surface area contributed by atoms with E-state index in [-0.39, 0.29) is 5.91 Å². The molecule has 1 atom stereocenters. The molecular formula is C8H16N2O. The van der Waals surface area contributed by atoms with Crippen molar-refractivity contribution in [3.8, 4) is 0 Å². The molecule has 0 aromatic rings. The van der Waals surface area contributed by atoms with E-state index < -0.39 is 0 Å². The minimum Gasteiger partial charge on any atom is -0.342 e. The van der Waals surface area contributed by atoms with Crippen molar-refractivity contribution in [3.05, 3.63) is 0 Å². The van der Waals surface area contributed by atoms with Crippen LogP contribution < -0.4 is 5.73 Å². The molecule has 0 saturated carbocycles. The Labute approximate surface area is 67.5 Å². The topological polar surface area (TPSA) is 46.3 Å². The van der Waals surface area contributed by atoms with Gasteiger partial charge in [-0.2, -0.15) is 0 Å². The van der Waals surface area contributed by atoms with Crippen molar-refractivity contribution >= 4 is 5.91 Å². The molecule has 1 rings (SSSR count). The van der Waals surface area contributed by atoms with Gasteiger partial charge in [-0.05, 0) is 12.3 Å². The number of amides is 1. The Hall–Kier alpha value is -0.570. The van der Waals surface area contributed by atoms with Gasteiger partial charge >= 0.3 is 0 Å². The highest BCUT2D eigenvalue weighted by molar-refractivity contribution is 5.76. The molecule has 0 spiro atoms. The molecule has 1 saturated heterocycles. The summed E-state index contributed by atoms with van der Waals surface area (Å²) in [5.74, 6) is 0.897. The van der Waals surface area contributed by atoms with Crippen LogP contribution in [-0.4, -0.2) is 30.4 Å². The minimum atomic E-state index is 0.219. The average Bonchev–Trinajstić information content (AvgIpc) is 2.36. The molecular weight excluding hydrogens is 140 g/mol. The summed E-state index contributed by atoms with van der Waals surface area (Å²) in [5, 5.41) is 0. The summed E-state index contributed by atoms with van der Waals surface area (Å²) >= 11 is 0. The first kappa shape index (κ1) is 8.53. The van der Waals surface area contributed by atoms with Crippen LogP contribution in [0.4, 0.5) is 0 Å². The molecule has 0 aromatic carbocycles. The second kappa shape index (κ2) is 3.72. The van der Waals surface area contributed by atoms with Crippen molar-refractivity contribution in [2.45, 2.75) is 19.8 Å². The predicted molar refractivity (Wildman–Crippen MR) is 44.0 cm³/mol. The van der Waals surface area contributed by atoms with Gasteiger partial charge in [0.2, 0.25) is 5.91 Å². The summed E-state index contributed by atoms with van der Waals surface area (Å²) in [7, 11) is 0. The number of likely N-dealkylation sites (tertiary alicyclic amines) is 1. The van der Waals surface area contributed by atoms with Crippen LogP contribution in [-0.2, 0) is 4.79 Å². The highest BCUT2D eigenvalue weighted by atomic mass is 16.2. The summed E-state index contributed by atoms with van der Waals surface area (Å²) in [5.41, 5.74) is 5.28. The van der Waals surface area contributed by atoms with E-state index in [0.29, 0.717) is 18.9 Å². The first-order valence-electron chi connectivity index (χ1n) is 4.22. The highest BCUT2D eigenvalue weighted by Crippen LogP contribution is 2.15. The van der Waals surface area contributed by atoms with Crippen LogP contribution in [0.25, 0.3) is 0 Å². The summed E-state index contributed by atoms with van der Waals surface area (Å²) in [6, 6.07) is 0. The predicted octanol–water partition coefficient (Wildman–Crippen LogP) is 0.204. The van der Waals surface area contributed by atoms with Crippen LogP contribution in [0.5, 0.6) is 0 Å². The fourth-order valence-electron chi connectivity index (χ4n) is 1.44. The Balaban J connectivity index is 2.31. The van der Waals surface area contributed by atoms with Gasteiger partial charge in [-0.3, -0.25) is 4.79 Å². The number of rotatable bonds is 2. The molecule has 2 N–H and O–H groups in total. The molecule has 0 radical (unpaired) electrons. The summed E-state index contributed by atoms with van der Waals surface area (Å²) in [6.07, 6.45) is 1.66. The molecule has 1 heterocycles. The van der Waals surface area contributed by atoms with Crippen molar-refractivity contribution in [2.75, 3.05) is 19.6 Å². The third kappa shape index (κ3) is 2.19. The van der Waals surface area contributed by atoms with Crippen molar-refractivity contribution in [3.63, 3.8) is 0 Å². The minimum absolute atomic E-state index is 0.219. The Morgan fingerprint density at radius 3 is 2.91 bits per heavy atom. The molecule has 3 heteroatoms. The van der Waals surface area contributed by atoms with Gasteiger partial charge < -0.3 is 10.6 Å². The zero-order valence-corrected chi connectivity index (χ0v) is 7.05. The van der Waals surface area contributed by atoms with Crippen LogP contribution >= 0.6 is 0 Å². The van der Waals surface area contributed by atoms with Crippen molar-refractivity contribution in [1.82, 2.24) is 4.90 Å². The zero-order chi connectivity index (χ0) is 8.27. The smallest absolute Gasteiger partial charge is 0.223 e. The first-order chi connectivity index (χ1) is 5.24. The van der Waals surface area contributed by atoms with Gasteiger partial charge in [-0.1, -0.05) is 6.92 Å². The maximum atomic E-state index is 11.2. The quantitative estimate of drug-likeness (QED) is 0.621. The Kier molecular flexibility index (Phi) is 2.88. The molecule has 3 nitrogen and oxygen atoms in total. The molecule has 1 amide bonds. The van der Waals surface area contributed by atoms with E-state index in [0.717, 1.165) is 19.5 Å². The summed E-state index contributed by atoms with van der Waals surface area (Å²) in [4.78, 5) is 13.2. The normalized spacial score (nSPS) is 24.2. The van der Waals surface area contributed by atoms with Crippen molar-refractivity contribution in [2.24, 2.45) is 11.7 Å². The number of hydrogen-bond acceptors (Lipinski definition) is 2. The van der Waals surface area contributed by atoms with E-state index in [4.69, 9.17) is 5.73 Å². The third-order valence-corrected chi connectivity index (χ3v) is 2.13. The summed E-state index contributed by atoms with van der Waals surface area (Å²) < 4.78 is 0. The molecule has 64 valence electrons. The Bertz CT molecular complexity index is 147. The molecule has 1 aliphatic rings. The first-order valence-corrected chi connectivity index (χ1v) is 4.22. The van der Waals surface area contributed by atoms with E-state index in [1.54, 1.807) is 0 Å². The lowest BCUT2D eigenvalue weighted by atomic mass is 10.2. The van der Waals surface area contributed by atoms with Crippen LogP contribution in [0.2, 0.25) is 0 Å². The fraction of sp³-hybridized carbons (Fsp3) is 0.875. The highest BCUT2D eigenvalue weighted by Gasteiger charge is 2.21. The van der Waals surface area contributed by atoms with Gasteiger partial charge in [-0.15, -0.1) is 0 Å². The summed E-state index contributed by atoms with van der Waals surface area (Å²) in [6.45, 7) is 4.51. The molecule has 11 heavy (non-hydrogen) atoms. The average molecular weight is 156 g/mol. The molecule has 0 aliphatic carbocycles. The van der Waals surface area contributed by atoms with Gasteiger partial charge in [0.25, 0.3) is 0 Å². The van der Waals surface area contributed by atoms with E-state index in [1.165, 1.54) is 0 Å². The van der Waals surface area contributed by atoms with E-state index in [1.807, 2.05) is 4.90 Å². The van der Waals surface area contributed by atoms with Gasteiger partial charge in [-0.25, -0.2) is 0 Å². The van der Waals surface area contributed by atoms with E-state index in [2.05, 4.69) is 6.92 Å². The van der Waals surface area contributed by atoms with Gasteiger partial charge in [0.1, 0.15) is 0 Å². The number of nitrogens with two attached hydrogens (primary N) is 1. The number of hydrogen-bond donors (Lipinski definition) is 1. The number of nitrogens with zero attached hydrogens (tertiary/aromatic N) is 1. The van der Waals surface area contributed by atoms with E-state index in [9.17, 15) is 4.79 Å². The van der Waals surface area contributed by atoms with Gasteiger partial charge in [0.05, 0.1) is 0 Å². The third-order valence-electron chi connectivity index (χ3n) is 2.13. The second-order valence-electron chi connectivity index (χ2n) is 3.27. The Morgan fingerprint density at radius 2 is 2.45 bits per heavy atom. The molecule has 1 fully saturated rings. The number of carbonyl (C=O) groups excluding carboxylic acids is 1. The van der Waals surface area contributed by atoms with Gasteiger partial charge in [0, 0.05) is 26.1 Å². The standard InChI is InChI=1S/C8H16N2O/c1-7-3-5-10(6-7)8(11)2-4-9/h7H,2-6,9H2,1H3. The van der Waals surface area contributed by atoms with Crippen molar-refractivity contribution < 1.29 is 4.79 Å². The lowest BCUT2D eigenvalue weighted by molar-refractivity contribution is -0.130. The van der Waals surface area contributed by atoms with Crippen LogP contribution in [0.1, 0.15) is 19.8 Å². The lowest BCUT2D eigenvalue weighted by Gasteiger charge is -2.14. The van der Waals surface area contributed by atoms with Crippen molar-refractivity contribution in [1.29, 1.82) is 0 Å². The zero-order valence-electron chi connectivity index (χ0n) is 7.05. The van der Waals surface area contributed by atoms with Gasteiger partial charge in [0.15, 0.2) is 0 Å². The lowest BCUT2D eigenvalue weighted by Crippen LogP contribution is -2.29. The largest absolute Gasteiger partial charge is 0.342 e. The SMILES string of the molecule is CC1CCN(C(=O)CCN)C1. The molecule has 0 aromatic heterocycles. The van der Waals surface area contributed by atoms with Crippen LogP contribution in [0.15, 0.2) is 0 Å². The molecule has 0 bridgehead atoms. The van der Waals surface area contributed by atoms with Crippen LogP contribution in [0, 0.1) is 5.92 Å². The Morgan fingerprint density at radius 1 is 1.73 bits per heavy atom. The second-order valence-corrected chi connectivity index (χ2v) is 3.27. The molecule has 1 unspecified atom stereocenters. The van der Waals surface area contributed by atoms with E-state index >= 15 is 0 Å². The maximum absolute atomic E-state index is 11.2.